The van der Waals surface area contributed by atoms with Crippen molar-refractivity contribution < 1.29 is 53.6 Å². The predicted molar refractivity (Wildman–Crippen MR) is 258 cm³/mol. The van der Waals surface area contributed by atoms with Gasteiger partial charge >= 0.3 is 6.09 Å². The van der Waals surface area contributed by atoms with Crippen LogP contribution in [0.5, 0.6) is 23.0 Å². The first-order valence-corrected chi connectivity index (χ1v) is 24.4. The maximum absolute atomic E-state index is 14.9. The van der Waals surface area contributed by atoms with Crippen molar-refractivity contribution in [3.63, 3.8) is 0 Å². The number of non-ortho nitro benzene ring substituents is 1. The van der Waals surface area contributed by atoms with Gasteiger partial charge < -0.3 is 43.8 Å². The predicted octanol–water partition coefficient (Wildman–Crippen LogP) is 9.45. The number of aliphatic hydroxyl groups excluding tert-OH is 3. The second kappa shape index (κ2) is 24.5. The Balaban J connectivity index is 1.42. The van der Waals surface area contributed by atoms with Crippen molar-refractivity contribution in [2.45, 2.75) is 74.2 Å². The Morgan fingerprint density at radius 3 is 2.34 bits per heavy atom. The van der Waals surface area contributed by atoms with Gasteiger partial charge in [0.1, 0.15) is 35.6 Å². The lowest BCUT2D eigenvalue weighted by Gasteiger charge is -2.59. The largest absolute Gasteiger partial charge is 0.459 e. The number of ether oxygens (including phenoxy) is 5. The molecule has 4 aromatic rings. The second-order valence-corrected chi connectivity index (χ2v) is 17.8. The molecule has 3 N–H and O–H groups in total. The average molecular weight is 952 g/mol. The van der Waals surface area contributed by atoms with Gasteiger partial charge in [-0.05, 0) is 110 Å². The van der Waals surface area contributed by atoms with Gasteiger partial charge in [-0.15, -0.1) is 18.3 Å². The maximum atomic E-state index is 14.9. The number of hydrogen-bond acceptors (Lipinski definition) is 14. The van der Waals surface area contributed by atoms with E-state index in [9.17, 15) is 30.2 Å². The molecule has 3 aliphatic rings. The van der Waals surface area contributed by atoms with Gasteiger partial charge in [0.05, 0.1) is 43.0 Å². The summed E-state index contributed by atoms with van der Waals surface area (Å²) in [6.07, 6.45) is 9.44. The molecule has 0 unspecified atom stereocenters. The van der Waals surface area contributed by atoms with Crippen LogP contribution in [0, 0.1) is 27.9 Å². The van der Waals surface area contributed by atoms with Gasteiger partial charge in [0, 0.05) is 54.7 Å². The van der Waals surface area contributed by atoms with E-state index < -0.39 is 28.8 Å². The fraction of sp³-hybridized carbons (Fsp3) is 0.423. The first kappa shape index (κ1) is 50.1. The lowest BCUT2D eigenvalue weighted by molar-refractivity contribution is -0.384. The van der Waals surface area contributed by atoms with Crippen molar-refractivity contribution >= 4 is 29.3 Å². The molecule has 1 amide bonds. The standard InChI is InChI=1S/C52H61N3O12S/c1-3-29-63-52-48(54(25-30-62-31-28-58)51(59)66-40-17-15-38(16-18-40)55(60)61)34-46(53-64-35-36-11-5-4-6-12-36)44-32-37(13-7-9-26-56)43(14-8-10-27-57)49(50(44)52)45-33-41(21-24-47(45)67-52)65-39-19-22-42(68-2)23-20-39/h3-6,11-12,15-24,32-33,37,43,48-50,56-58H,1,7-10,13-14,25-31,34-35H2,2H3/t37-,43+,48-,49+,50+,52+/m0/s1. The molecule has 7 rings (SSSR count). The molecular formula is C52H61N3O12S. The molecule has 6 atom stereocenters. The summed E-state index contributed by atoms with van der Waals surface area (Å²) in [5, 5.41) is 46.0. The van der Waals surface area contributed by atoms with E-state index in [-0.39, 0.29) is 88.4 Å². The molecule has 0 radical (unpaired) electrons. The Kier molecular flexibility index (Phi) is 18.1. The first-order valence-electron chi connectivity index (χ1n) is 23.2. The molecule has 0 aromatic heterocycles. The number of nitro groups is 1. The minimum absolute atomic E-state index is 0.00363. The lowest BCUT2D eigenvalue weighted by atomic mass is 9.55. The monoisotopic (exact) mass is 951 g/mol. The maximum Gasteiger partial charge on any atom is 0.415 e. The van der Waals surface area contributed by atoms with Gasteiger partial charge in [-0.2, -0.15) is 0 Å². The summed E-state index contributed by atoms with van der Waals surface area (Å²) >= 11 is 1.64. The zero-order chi connectivity index (χ0) is 47.9. The fourth-order valence-electron chi connectivity index (χ4n) is 9.75. The highest BCUT2D eigenvalue weighted by Crippen LogP contribution is 2.62. The summed E-state index contributed by atoms with van der Waals surface area (Å²) in [6, 6.07) is 27.6. The van der Waals surface area contributed by atoms with E-state index in [2.05, 4.69) is 12.7 Å². The number of allylic oxidation sites excluding steroid dienone is 1. The molecule has 1 aliphatic heterocycles. The van der Waals surface area contributed by atoms with Crippen LogP contribution in [-0.2, 0) is 20.9 Å². The van der Waals surface area contributed by atoms with E-state index in [4.69, 9.17) is 33.7 Å². The number of nitro benzene ring substituents is 1. The minimum atomic E-state index is -1.61. The number of rotatable bonds is 25. The quantitative estimate of drug-likeness (QED) is 0.0187. The summed E-state index contributed by atoms with van der Waals surface area (Å²) in [5.74, 6) is -0.719. The van der Waals surface area contributed by atoms with Crippen LogP contribution in [0.2, 0.25) is 0 Å². The highest BCUT2D eigenvalue weighted by molar-refractivity contribution is 7.98. The number of carbonyl (C=O) groups is 1. The topological polar surface area (TPSA) is 192 Å². The van der Waals surface area contributed by atoms with Gasteiger partial charge in [0.15, 0.2) is 0 Å². The average Bonchev–Trinajstić information content (AvgIpc) is 3.35. The van der Waals surface area contributed by atoms with Crippen molar-refractivity contribution in [3.8, 4) is 23.0 Å². The van der Waals surface area contributed by atoms with E-state index in [1.807, 2.05) is 79.1 Å². The summed E-state index contributed by atoms with van der Waals surface area (Å²) in [6.45, 7) is 4.09. The van der Waals surface area contributed by atoms with Gasteiger partial charge in [-0.3, -0.25) is 15.0 Å². The third-order valence-electron chi connectivity index (χ3n) is 12.8. The molecular weight excluding hydrogens is 891 g/mol. The Bertz CT molecular complexity index is 2350. The van der Waals surface area contributed by atoms with Crippen LogP contribution in [0.25, 0.3) is 0 Å². The van der Waals surface area contributed by atoms with Crippen molar-refractivity contribution in [3.05, 3.63) is 143 Å². The van der Waals surface area contributed by atoms with E-state index >= 15 is 0 Å². The van der Waals surface area contributed by atoms with Crippen LogP contribution in [-0.4, -0.2) is 101 Å². The van der Waals surface area contributed by atoms with Gasteiger partial charge in [0.25, 0.3) is 5.69 Å². The van der Waals surface area contributed by atoms with E-state index in [1.165, 1.54) is 29.2 Å². The van der Waals surface area contributed by atoms with E-state index in [1.54, 1.807) is 17.8 Å². The Morgan fingerprint density at radius 1 is 0.926 bits per heavy atom. The van der Waals surface area contributed by atoms with Crippen LogP contribution >= 0.6 is 11.8 Å². The molecule has 0 saturated heterocycles. The number of unbranched alkanes of at least 4 members (excludes halogenated alkanes) is 2. The van der Waals surface area contributed by atoms with Crippen molar-refractivity contribution in [2.24, 2.45) is 22.9 Å². The number of thioether (sulfide) groups is 1. The van der Waals surface area contributed by atoms with Crippen LogP contribution in [0.15, 0.2) is 131 Å². The van der Waals surface area contributed by atoms with Crippen molar-refractivity contribution in [1.29, 1.82) is 0 Å². The number of oxime groups is 1. The zero-order valence-electron chi connectivity index (χ0n) is 38.4. The Hall–Kier alpha value is -5.75. The molecule has 16 heteroatoms. The molecule has 1 fully saturated rings. The van der Waals surface area contributed by atoms with Gasteiger partial charge in [-0.25, -0.2) is 4.79 Å². The highest BCUT2D eigenvalue weighted by Gasteiger charge is 2.65. The number of carbonyl (C=O) groups excluding carboxylic acids is 1. The van der Waals surface area contributed by atoms with E-state index in [0.717, 1.165) is 47.3 Å². The molecule has 0 spiro atoms. The van der Waals surface area contributed by atoms with Crippen LogP contribution in [0.3, 0.4) is 0 Å². The molecule has 15 nitrogen and oxygen atoms in total. The summed E-state index contributed by atoms with van der Waals surface area (Å²) in [7, 11) is 0. The van der Waals surface area contributed by atoms with Crippen molar-refractivity contribution in [2.75, 3.05) is 52.4 Å². The number of hydrogen-bond donors (Lipinski definition) is 3. The SMILES string of the molecule is C=CCO[C@@]12Oc3ccc(Oc4ccc(SC)cc4)cc3[C@H]3[C@H](CCCCO)[C@@H](CCCCO)C=C(C(=NOCc4ccccc4)C[C@@H]1N(CCOCCO)C(=O)Oc1ccc([N+](=O)[O-])cc1)[C@H]32. The van der Waals surface area contributed by atoms with Gasteiger partial charge in [-0.1, -0.05) is 60.5 Å². The lowest BCUT2D eigenvalue weighted by Crippen LogP contribution is -2.70. The van der Waals surface area contributed by atoms with E-state index in [0.29, 0.717) is 35.8 Å². The van der Waals surface area contributed by atoms with Gasteiger partial charge in [0.2, 0.25) is 5.79 Å². The van der Waals surface area contributed by atoms with Crippen LogP contribution < -0.4 is 14.2 Å². The Labute approximate surface area is 401 Å². The number of amides is 1. The number of aliphatic hydroxyl groups is 3. The molecule has 362 valence electrons. The molecule has 0 bridgehead atoms. The smallest absolute Gasteiger partial charge is 0.415 e. The summed E-state index contributed by atoms with van der Waals surface area (Å²) in [4.78, 5) is 34.7. The van der Waals surface area contributed by atoms with Crippen LogP contribution in [0.1, 0.15) is 62.0 Å². The zero-order valence-corrected chi connectivity index (χ0v) is 39.2. The third kappa shape index (κ3) is 11.9. The summed E-state index contributed by atoms with van der Waals surface area (Å²) in [5.41, 5.74) is 3.06. The normalized spacial score (nSPS) is 22.0. The molecule has 68 heavy (non-hydrogen) atoms. The number of benzene rings is 4. The van der Waals surface area contributed by atoms with Crippen molar-refractivity contribution in [1.82, 2.24) is 4.90 Å². The number of nitrogens with zero attached hydrogens (tertiary/aromatic N) is 3. The molecule has 4 aromatic carbocycles. The second-order valence-electron chi connectivity index (χ2n) is 17.0. The Morgan fingerprint density at radius 2 is 1.65 bits per heavy atom. The molecule has 1 saturated carbocycles. The summed E-state index contributed by atoms with van der Waals surface area (Å²) < 4.78 is 32.7. The molecule has 1 heterocycles. The number of fused-ring (bicyclic) bond motifs is 2. The fourth-order valence-corrected chi connectivity index (χ4v) is 10.2. The van der Waals surface area contributed by atoms with Crippen LogP contribution in [0.4, 0.5) is 10.5 Å². The highest BCUT2D eigenvalue weighted by atomic mass is 32.2. The first-order chi connectivity index (χ1) is 33.2. The minimum Gasteiger partial charge on any atom is -0.459 e. The third-order valence-corrected chi connectivity index (χ3v) is 13.5. The molecule has 2 aliphatic carbocycles.